The highest BCUT2D eigenvalue weighted by Gasteiger charge is 2.24. The highest BCUT2D eigenvalue weighted by molar-refractivity contribution is 5.90. The van der Waals surface area contributed by atoms with Crippen molar-refractivity contribution in [3.8, 4) is 5.75 Å². The normalized spacial score (nSPS) is 12.3. The number of carboxylic acid groups (broad SMARTS) is 2. The number of hydrogen-bond donors (Lipinski definition) is 6. The van der Waals surface area contributed by atoms with Crippen LogP contribution in [-0.2, 0) is 30.4 Å². The van der Waals surface area contributed by atoms with Crippen LogP contribution in [0.5, 0.6) is 5.75 Å². The molecular formula is C18H23N3O8. The van der Waals surface area contributed by atoms with Crippen molar-refractivity contribution in [2.75, 3.05) is 6.54 Å². The highest BCUT2D eigenvalue weighted by atomic mass is 16.4. The van der Waals surface area contributed by atoms with E-state index in [0.717, 1.165) is 6.92 Å². The van der Waals surface area contributed by atoms with Gasteiger partial charge in [0, 0.05) is 19.8 Å². The molecule has 0 aromatic heterocycles. The smallest absolute Gasteiger partial charge is 0.326 e. The van der Waals surface area contributed by atoms with Gasteiger partial charge in [-0.15, -0.1) is 0 Å². The standard InChI is InChI=1S/C18H23N3O8/c1-10(22)20-13(18(28)29)6-7-15(24)21-14(17(27)19-9-16(25)26)8-11-2-4-12(23)5-3-11/h2-5,13-14,23H,6-9H2,1H3,(H,19,27)(H,20,22)(H,21,24)(H,25,26)(H,28,29)/t13-,14-/m0/s1. The molecule has 1 rings (SSSR count). The largest absolute Gasteiger partial charge is 0.508 e. The van der Waals surface area contributed by atoms with Crippen LogP contribution in [0.2, 0.25) is 0 Å². The third kappa shape index (κ3) is 9.22. The van der Waals surface area contributed by atoms with Gasteiger partial charge >= 0.3 is 11.9 Å². The molecule has 0 aliphatic rings. The predicted octanol–water partition coefficient (Wildman–Crippen LogP) is -1.01. The molecule has 0 aliphatic carbocycles. The topological polar surface area (TPSA) is 182 Å². The number of rotatable bonds is 11. The molecule has 0 heterocycles. The van der Waals surface area contributed by atoms with Crippen LogP contribution in [0, 0.1) is 0 Å². The average Bonchev–Trinajstić information content (AvgIpc) is 2.63. The van der Waals surface area contributed by atoms with Crippen LogP contribution in [0.1, 0.15) is 25.3 Å². The Kier molecular flexibility index (Phi) is 9.10. The molecule has 0 aliphatic heterocycles. The second kappa shape index (κ2) is 11.3. The van der Waals surface area contributed by atoms with Crippen molar-refractivity contribution in [3.05, 3.63) is 29.8 Å². The van der Waals surface area contributed by atoms with Crippen molar-refractivity contribution >= 4 is 29.7 Å². The van der Waals surface area contributed by atoms with Gasteiger partial charge in [-0.25, -0.2) is 4.79 Å². The second-order valence-electron chi connectivity index (χ2n) is 6.23. The van der Waals surface area contributed by atoms with E-state index in [4.69, 9.17) is 10.2 Å². The minimum atomic E-state index is -1.30. The van der Waals surface area contributed by atoms with Crippen molar-refractivity contribution in [2.24, 2.45) is 0 Å². The van der Waals surface area contributed by atoms with Crippen molar-refractivity contribution < 1.29 is 39.3 Å². The number of phenolic OH excluding ortho intramolecular Hbond substituents is 1. The Bertz CT molecular complexity index is 763. The zero-order valence-electron chi connectivity index (χ0n) is 15.7. The molecule has 11 nitrogen and oxygen atoms in total. The maximum absolute atomic E-state index is 12.3. The van der Waals surface area contributed by atoms with Crippen molar-refractivity contribution in [1.82, 2.24) is 16.0 Å². The first-order valence-corrected chi connectivity index (χ1v) is 8.65. The lowest BCUT2D eigenvalue weighted by atomic mass is 10.0. The molecule has 0 fully saturated rings. The zero-order valence-corrected chi connectivity index (χ0v) is 15.7. The molecule has 0 radical (unpaired) electrons. The molecule has 11 heteroatoms. The fraction of sp³-hybridized carbons (Fsp3) is 0.389. The SMILES string of the molecule is CC(=O)N[C@@H](CCC(=O)N[C@@H](Cc1ccc(O)cc1)C(=O)NCC(=O)O)C(=O)O. The van der Waals surface area contributed by atoms with Crippen LogP contribution >= 0.6 is 0 Å². The van der Waals surface area contributed by atoms with Gasteiger partial charge in [0.1, 0.15) is 24.4 Å². The van der Waals surface area contributed by atoms with Gasteiger partial charge in [-0.1, -0.05) is 12.1 Å². The number of carboxylic acids is 2. The number of nitrogens with one attached hydrogen (secondary N) is 3. The van der Waals surface area contributed by atoms with Gasteiger partial charge in [0.05, 0.1) is 0 Å². The Morgan fingerprint density at radius 1 is 0.966 bits per heavy atom. The van der Waals surface area contributed by atoms with Crippen molar-refractivity contribution in [2.45, 2.75) is 38.3 Å². The summed E-state index contributed by atoms with van der Waals surface area (Å²) in [6.45, 7) is 0.515. The maximum atomic E-state index is 12.3. The zero-order chi connectivity index (χ0) is 22.0. The monoisotopic (exact) mass is 409 g/mol. The minimum Gasteiger partial charge on any atom is -0.508 e. The molecule has 1 aromatic rings. The Balaban J connectivity index is 2.78. The van der Waals surface area contributed by atoms with E-state index in [1.54, 1.807) is 0 Å². The van der Waals surface area contributed by atoms with Crippen LogP contribution in [0.15, 0.2) is 24.3 Å². The van der Waals surface area contributed by atoms with Crippen LogP contribution in [0.4, 0.5) is 0 Å². The summed E-state index contributed by atoms with van der Waals surface area (Å²) >= 11 is 0. The molecule has 3 amide bonds. The van der Waals surface area contributed by atoms with E-state index < -0.39 is 48.3 Å². The van der Waals surface area contributed by atoms with E-state index in [9.17, 15) is 29.1 Å². The van der Waals surface area contributed by atoms with E-state index in [-0.39, 0.29) is 25.0 Å². The molecule has 1 aromatic carbocycles. The summed E-state index contributed by atoms with van der Waals surface area (Å²) < 4.78 is 0. The number of carbonyl (C=O) groups is 5. The van der Waals surface area contributed by atoms with Crippen LogP contribution in [0.3, 0.4) is 0 Å². The third-order valence-electron chi connectivity index (χ3n) is 3.78. The molecular weight excluding hydrogens is 386 g/mol. The molecule has 0 bridgehead atoms. The summed E-state index contributed by atoms with van der Waals surface area (Å²) in [6.07, 6.45) is -0.454. The highest BCUT2D eigenvalue weighted by Crippen LogP contribution is 2.12. The molecule has 2 atom stereocenters. The Morgan fingerprint density at radius 3 is 2.10 bits per heavy atom. The molecule has 29 heavy (non-hydrogen) atoms. The Labute approximate surface area is 166 Å². The predicted molar refractivity (Wildman–Crippen MR) is 98.9 cm³/mol. The summed E-state index contributed by atoms with van der Waals surface area (Å²) in [4.78, 5) is 57.3. The van der Waals surface area contributed by atoms with E-state index in [0.29, 0.717) is 5.56 Å². The summed E-state index contributed by atoms with van der Waals surface area (Å²) in [5.41, 5.74) is 0.597. The first-order chi connectivity index (χ1) is 13.6. The molecule has 158 valence electrons. The van der Waals surface area contributed by atoms with Gasteiger partial charge in [0.2, 0.25) is 17.7 Å². The summed E-state index contributed by atoms with van der Waals surface area (Å²) in [5.74, 6) is -4.47. The lowest BCUT2D eigenvalue weighted by Crippen LogP contribution is -2.49. The van der Waals surface area contributed by atoms with Gasteiger partial charge in [0.15, 0.2) is 0 Å². The summed E-state index contributed by atoms with van der Waals surface area (Å²) in [6, 6.07) is 3.50. The number of hydrogen-bond acceptors (Lipinski definition) is 6. The molecule has 0 spiro atoms. The van der Waals surface area contributed by atoms with Crippen LogP contribution in [-0.4, -0.2) is 63.6 Å². The number of benzene rings is 1. The van der Waals surface area contributed by atoms with Gasteiger partial charge in [-0.3, -0.25) is 19.2 Å². The first kappa shape index (κ1) is 23.4. The maximum Gasteiger partial charge on any atom is 0.326 e. The molecule has 0 unspecified atom stereocenters. The third-order valence-corrected chi connectivity index (χ3v) is 3.78. The van der Waals surface area contributed by atoms with Crippen LogP contribution in [0.25, 0.3) is 0 Å². The lowest BCUT2D eigenvalue weighted by Gasteiger charge is -2.19. The fourth-order valence-corrected chi connectivity index (χ4v) is 2.41. The number of amides is 3. The van der Waals surface area contributed by atoms with E-state index in [2.05, 4.69) is 16.0 Å². The Morgan fingerprint density at radius 2 is 1.59 bits per heavy atom. The van der Waals surface area contributed by atoms with Gasteiger partial charge in [-0.05, 0) is 24.1 Å². The molecule has 0 saturated carbocycles. The number of carbonyl (C=O) groups excluding carboxylic acids is 3. The fourth-order valence-electron chi connectivity index (χ4n) is 2.41. The number of aromatic hydroxyl groups is 1. The van der Waals surface area contributed by atoms with Crippen molar-refractivity contribution in [1.29, 1.82) is 0 Å². The van der Waals surface area contributed by atoms with Crippen molar-refractivity contribution in [3.63, 3.8) is 0 Å². The van der Waals surface area contributed by atoms with E-state index in [1.807, 2.05) is 0 Å². The number of phenols is 1. The molecule has 6 N–H and O–H groups in total. The minimum absolute atomic E-state index is 0.0161. The first-order valence-electron chi connectivity index (χ1n) is 8.65. The van der Waals surface area contributed by atoms with Gasteiger partial charge in [-0.2, -0.15) is 0 Å². The summed E-state index contributed by atoms with van der Waals surface area (Å²) in [7, 11) is 0. The van der Waals surface area contributed by atoms with Crippen LogP contribution < -0.4 is 16.0 Å². The Hall–Kier alpha value is -3.63. The quantitative estimate of drug-likeness (QED) is 0.269. The average molecular weight is 409 g/mol. The number of aliphatic carboxylic acids is 2. The van der Waals surface area contributed by atoms with Gasteiger partial charge < -0.3 is 31.3 Å². The van der Waals surface area contributed by atoms with E-state index in [1.165, 1.54) is 24.3 Å². The van der Waals surface area contributed by atoms with E-state index >= 15 is 0 Å². The second-order valence-corrected chi connectivity index (χ2v) is 6.23. The molecule has 0 saturated heterocycles. The summed E-state index contributed by atoms with van der Waals surface area (Å²) in [5, 5.41) is 33.9. The van der Waals surface area contributed by atoms with Gasteiger partial charge in [0.25, 0.3) is 0 Å². The lowest BCUT2D eigenvalue weighted by molar-refractivity contribution is -0.142.